The standard InChI is InChI=1S/C15H13N3O2/c1-15(11-16,10-12-6-8-17-9-7-12)13-2-4-14(5-3-13)18(19)20/h2-9H,10H2,1H3. The van der Waals surface area contributed by atoms with E-state index in [0.717, 1.165) is 11.1 Å². The zero-order valence-corrected chi connectivity index (χ0v) is 11.0. The number of hydrogen-bond acceptors (Lipinski definition) is 4. The molecule has 0 spiro atoms. The fraction of sp³-hybridized carbons (Fsp3) is 0.200. The monoisotopic (exact) mass is 267 g/mol. The third-order valence-corrected chi connectivity index (χ3v) is 3.27. The van der Waals surface area contributed by atoms with E-state index in [1.54, 1.807) is 24.5 Å². The van der Waals surface area contributed by atoms with Gasteiger partial charge >= 0.3 is 0 Å². The lowest BCUT2D eigenvalue weighted by molar-refractivity contribution is -0.384. The van der Waals surface area contributed by atoms with Crippen LogP contribution in [-0.4, -0.2) is 9.91 Å². The van der Waals surface area contributed by atoms with Crippen molar-refractivity contribution in [2.24, 2.45) is 0 Å². The summed E-state index contributed by atoms with van der Waals surface area (Å²) >= 11 is 0. The Balaban J connectivity index is 2.31. The smallest absolute Gasteiger partial charge is 0.265 e. The van der Waals surface area contributed by atoms with E-state index in [1.165, 1.54) is 12.1 Å². The molecule has 1 aromatic carbocycles. The van der Waals surface area contributed by atoms with Crippen LogP contribution < -0.4 is 0 Å². The van der Waals surface area contributed by atoms with Gasteiger partial charge in [0, 0.05) is 24.5 Å². The third-order valence-electron chi connectivity index (χ3n) is 3.27. The fourth-order valence-corrected chi connectivity index (χ4v) is 2.07. The molecule has 1 aromatic heterocycles. The molecule has 0 bridgehead atoms. The number of nitro benzene ring substituents is 1. The van der Waals surface area contributed by atoms with Gasteiger partial charge in [-0.15, -0.1) is 0 Å². The van der Waals surface area contributed by atoms with Gasteiger partial charge in [-0.2, -0.15) is 5.26 Å². The number of nitro groups is 1. The minimum absolute atomic E-state index is 0.0259. The average Bonchev–Trinajstić information content (AvgIpc) is 2.48. The maximum Gasteiger partial charge on any atom is 0.269 e. The van der Waals surface area contributed by atoms with Crippen LogP contribution in [0.5, 0.6) is 0 Å². The maximum atomic E-state index is 10.7. The lowest BCUT2D eigenvalue weighted by Crippen LogP contribution is -2.22. The topological polar surface area (TPSA) is 79.8 Å². The molecular weight excluding hydrogens is 254 g/mol. The van der Waals surface area contributed by atoms with E-state index < -0.39 is 10.3 Å². The Morgan fingerprint density at radius 1 is 1.25 bits per heavy atom. The molecule has 0 radical (unpaired) electrons. The Kier molecular flexibility index (Phi) is 3.76. The highest BCUT2D eigenvalue weighted by atomic mass is 16.6. The van der Waals surface area contributed by atoms with Crippen LogP contribution in [0.25, 0.3) is 0 Å². The van der Waals surface area contributed by atoms with E-state index in [4.69, 9.17) is 0 Å². The molecule has 1 atom stereocenters. The predicted molar refractivity (Wildman–Crippen MR) is 74.0 cm³/mol. The van der Waals surface area contributed by atoms with Crippen molar-refractivity contribution in [3.05, 3.63) is 70.0 Å². The van der Waals surface area contributed by atoms with Gasteiger partial charge in [-0.1, -0.05) is 12.1 Å². The van der Waals surface area contributed by atoms with Crippen molar-refractivity contribution in [1.29, 1.82) is 5.26 Å². The number of benzene rings is 1. The van der Waals surface area contributed by atoms with E-state index in [1.807, 2.05) is 19.1 Å². The Labute approximate surface area is 116 Å². The second-order valence-electron chi connectivity index (χ2n) is 4.78. The first-order valence-electron chi connectivity index (χ1n) is 6.10. The third kappa shape index (κ3) is 2.81. The molecule has 1 heterocycles. The van der Waals surface area contributed by atoms with Gasteiger partial charge in [0.2, 0.25) is 0 Å². The second kappa shape index (κ2) is 5.49. The highest BCUT2D eigenvalue weighted by molar-refractivity contribution is 5.40. The zero-order chi connectivity index (χ0) is 14.6. The summed E-state index contributed by atoms with van der Waals surface area (Å²) in [6.07, 6.45) is 3.90. The van der Waals surface area contributed by atoms with E-state index in [0.29, 0.717) is 6.42 Å². The summed E-state index contributed by atoms with van der Waals surface area (Å²) in [7, 11) is 0. The second-order valence-corrected chi connectivity index (χ2v) is 4.78. The van der Waals surface area contributed by atoms with E-state index >= 15 is 0 Å². The largest absolute Gasteiger partial charge is 0.269 e. The molecule has 0 amide bonds. The Morgan fingerprint density at radius 3 is 2.35 bits per heavy atom. The van der Waals surface area contributed by atoms with Gasteiger partial charge in [-0.25, -0.2) is 0 Å². The summed E-state index contributed by atoms with van der Waals surface area (Å²) < 4.78 is 0. The van der Waals surface area contributed by atoms with Crippen molar-refractivity contribution in [2.45, 2.75) is 18.8 Å². The molecule has 0 aliphatic heterocycles. The highest BCUT2D eigenvalue weighted by Gasteiger charge is 2.27. The molecule has 2 rings (SSSR count). The van der Waals surface area contributed by atoms with Crippen LogP contribution in [0.4, 0.5) is 5.69 Å². The molecule has 0 saturated heterocycles. The SMILES string of the molecule is CC(C#N)(Cc1ccncc1)c1ccc([N+](=O)[O-])cc1. The predicted octanol–water partition coefficient (Wildman–Crippen LogP) is 3.01. The lowest BCUT2D eigenvalue weighted by Gasteiger charge is -2.22. The zero-order valence-electron chi connectivity index (χ0n) is 11.0. The van der Waals surface area contributed by atoms with Crippen LogP contribution in [-0.2, 0) is 11.8 Å². The maximum absolute atomic E-state index is 10.7. The number of rotatable bonds is 4. The summed E-state index contributed by atoms with van der Waals surface area (Å²) in [4.78, 5) is 14.2. The summed E-state index contributed by atoms with van der Waals surface area (Å²) in [6.45, 7) is 1.83. The molecule has 0 aliphatic carbocycles. The first-order chi connectivity index (χ1) is 9.55. The van der Waals surface area contributed by atoms with Crippen LogP contribution in [0, 0.1) is 21.4 Å². The van der Waals surface area contributed by atoms with Crippen molar-refractivity contribution in [3.8, 4) is 6.07 Å². The normalized spacial score (nSPS) is 13.2. The van der Waals surface area contributed by atoms with Crippen molar-refractivity contribution < 1.29 is 4.92 Å². The number of nitriles is 1. The first kappa shape index (κ1) is 13.7. The molecule has 0 fully saturated rings. The Bertz CT molecular complexity index is 647. The minimum Gasteiger partial charge on any atom is -0.265 e. The minimum atomic E-state index is -0.726. The number of nitrogens with zero attached hydrogens (tertiary/aromatic N) is 3. The first-order valence-corrected chi connectivity index (χ1v) is 6.10. The van der Waals surface area contributed by atoms with Gasteiger partial charge in [0.25, 0.3) is 5.69 Å². The molecule has 0 aliphatic rings. The van der Waals surface area contributed by atoms with Gasteiger partial charge in [0.1, 0.15) is 0 Å². The van der Waals surface area contributed by atoms with Crippen molar-refractivity contribution in [2.75, 3.05) is 0 Å². The van der Waals surface area contributed by atoms with Crippen LogP contribution in [0.2, 0.25) is 0 Å². The quantitative estimate of drug-likeness (QED) is 0.630. The van der Waals surface area contributed by atoms with Crippen LogP contribution in [0.3, 0.4) is 0 Å². The highest BCUT2D eigenvalue weighted by Crippen LogP contribution is 2.28. The summed E-state index contributed by atoms with van der Waals surface area (Å²) in [5, 5.41) is 20.1. The molecule has 2 aromatic rings. The van der Waals surface area contributed by atoms with Crippen LogP contribution >= 0.6 is 0 Å². The molecule has 0 N–H and O–H groups in total. The molecule has 0 saturated carbocycles. The lowest BCUT2D eigenvalue weighted by atomic mass is 9.79. The molecule has 20 heavy (non-hydrogen) atoms. The van der Waals surface area contributed by atoms with Gasteiger partial charge in [0.05, 0.1) is 16.4 Å². The Hall–Kier alpha value is -2.74. The van der Waals surface area contributed by atoms with E-state index in [-0.39, 0.29) is 5.69 Å². The summed E-state index contributed by atoms with van der Waals surface area (Å²) in [5.74, 6) is 0. The van der Waals surface area contributed by atoms with Crippen molar-refractivity contribution >= 4 is 5.69 Å². The summed E-state index contributed by atoms with van der Waals surface area (Å²) in [6, 6.07) is 12.2. The molecule has 100 valence electrons. The van der Waals surface area contributed by atoms with Gasteiger partial charge < -0.3 is 0 Å². The molecule has 5 nitrogen and oxygen atoms in total. The van der Waals surface area contributed by atoms with Crippen LogP contribution in [0.15, 0.2) is 48.8 Å². The average molecular weight is 267 g/mol. The van der Waals surface area contributed by atoms with Gasteiger partial charge in [-0.3, -0.25) is 15.1 Å². The van der Waals surface area contributed by atoms with Gasteiger partial charge in [0.15, 0.2) is 0 Å². The van der Waals surface area contributed by atoms with E-state index in [9.17, 15) is 15.4 Å². The van der Waals surface area contributed by atoms with Crippen LogP contribution in [0.1, 0.15) is 18.1 Å². The van der Waals surface area contributed by atoms with E-state index in [2.05, 4.69) is 11.1 Å². The van der Waals surface area contributed by atoms with Gasteiger partial charge in [-0.05, 0) is 36.6 Å². The fourth-order valence-electron chi connectivity index (χ4n) is 2.07. The Morgan fingerprint density at radius 2 is 1.85 bits per heavy atom. The molecule has 1 unspecified atom stereocenters. The van der Waals surface area contributed by atoms with Crippen molar-refractivity contribution in [3.63, 3.8) is 0 Å². The van der Waals surface area contributed by atoms with Crippen molar-refractivity contribution in [1.82, 2.24) is 4.98 Å². The number of hydrogen-bond donors (Lipinski definition) is 0. The molecule has 5 heteroatoms. The number of pyridine rings is 1. The number of aromatic nitrogens is 1. The molecular formula is C15H13N3O2. The number of non-ortho nitro benzene ring substituents is 1. The summed E-state index contributed by atoms with van der Waals surface area (Å²) in [5.41, 5.74) is 1.07.